The molecule has 5 aromatic carbocycles. The largest absolute Gasteiger partial charge is 0.480 e. The lowest BCUT2D eigenvalue weighted by atomic mass is 9.87. The average molecular weight is 728 g/mol. The third-order valence-electron chi connectivity index (χ3n) is 7.67. The van der Waals surface area contributed by atoms with Crippen LogP contribution in [0, 0.1) is 0 Å². The van der Waals surface area contributed by atoms with E-state index >= 15 is 0 Å². The van der Waals surface area contributed by atoms with Gasteiger partial charge < -0.3 is 15.2 Å². The molecule has 0 bridgehead atoms. The molecule has 246 valence electrons. The van der Waals surface area contributed by atoms with Gasteiger partial charge >= 0.3 is 5.97 Å². The van der Waals surface area contributed by atoms with Crippen molar-refractivity contribution < 1.29 is 27.9 Å². The number of ether oxygens (including phenoxy) is 1. The van der Waals surface area contributed by atoms with Gasteiger partial charge in [-0.2, -0.15) is 0 Å². The van der Waals surface area contributed by atoms with Crippen LogP contribution in [0.5, 0.6) is 11.5 Å². The van der Waals surface area contributed by atoms with Crippen LogP contribution >= 0.6 is 15.9 Å². The maximum atomic E-state index is 13.5. The summed E-state index contributed by atoms with van der Waals surface area (Å²) >= 11 is 3.33. The van der Waals surface area contributed by atoms with Crippen molar-refractivity contribution >= 4 is 43.5 Å². The number of sulfonamides is 1. The lowest BCUT2D eigenvalue weighted by Gasteiger charge is -2.20. The molecule has 0 aliphatic carbocycles. The second kappa shape index (κ2) is 14.5. The Morgan fingerprint density at radius 1 is 0.833 bits per heavy atom. The Morgan fingerprint density at radius 2 is 1.48 bits per heavy atom. The van der Waals surface area contributed by atoms with Crippen LogP contribution in [0.1, 0.15) is 42.3 Å². The highest BCUT2D eigenvalue weighted by Crippen LogP contribution is 2.33. The van der Waals surface area contributed by atoms with E-state index in [1.54, 1.807) is 30.3 Å². The fourth-order valence-electron chi connectivity index (χ4n) is 5.03. The molecule has 5 rings (SSSR count). The number of anilines is 1. The number of halogens is 1. The average Bonchev–Trinajstić information content (AvgIpc) is 3.06. The summed E-state index contributed by atoms with van der Waals surface area (Å²) in [4.78, 5) is 25.8. The normalized spacial score (nSPS) is 12.2. The number of amides is 1. The van der Waals surface area contributed by atoms with Crippen LogP contribution in [0.4, 0.5) is 5.69 Å². The highest BCUT2D eigenvalue weighted by molar-refractivity contribution is 9.10. The van der Waals surface area contributed by atoms with Gasteiger partial charge in [0.05, 0.1) is 16.1 Å². The van der Waals surface area contributed by atoms with E-state index in [0.717, 1.165) is 16.7 Å². The van der Waals surface area contributed by atoms with Crippen LogP contribution in [0.2, 0.25) is 0 Å². The maximum absolute atomic E-state index is 13.5. The molecule has 0 aromatic heterocycles. The zero-order valence-electron chi connectivity index (χ0n) is 26.6. The Morgan fingerprint density at radius 3 is 2.12 bits per heavy atom. The molecule has 0 aliphatic rings. The molecule has 1 amide bonds. The van der Waals surface area contributed by atoms with Crippen molar-refractivity contribution in [3.63, 3.8) is 0 Å². The molecule has 0 saturated carbocycles. The minimum atomic E-state index is -4.06. The summed E-state index contributed by atoms with van der Waals surface area (Å²) in [5.41, 5.74) is 3.23. The lowest BCUT2D eigenvalue weighted by Crippen LogP contribution is -2.42. The zero-order valence-corrected chi connectivity index (χ0v) is 29.0. The van der Waals surface area contributed by atoms with Crippen molar-refractivity contribution in [1.29, 1.82) is 0 Å². The number of para-hydroxylation sites is 2. The first-order valence-electron chi connectivity index (χ1n) is 15.2. The van der Waals surface area contributed by atoms with Crippen molar-refractivity contribution in [3.8, 4) is 22.6 Å². The zero-order chi connectivity index (χ0) is 34.5. The molecule has 1 unspecified atom stereocenters. The van der Waals surface area contributed by atoms with Gasteiger partial charge in [0, 0.05) is 16.5 Å². The van der Waals surface area contributed by atoms with E-state index in [-0.39, 0.29) is 28.0 Å². The first-order valence-corrected chi connectivity index (χ1v) is 17.5. The van der Waals surface area contributed by atoms with Gasteiger partial charge in [-0.15, -0.1) is 0 Å². The summed E-state index contributed by atoms with van der Waals surface area (Å²) in [6.45, 7) is 6.09. The van der Waals surface area contributed by atoms with Gasteiger partial charge in [0.15, 0.2) is 0 Å². The Hall–Kier alpha value is -4.93. The van der Waals surface area contributed by atoms with Crippen LogP contribution in [0.15, 0.2) is 131 Å². The number of nitrogens with one attached hydrogen (secondary N) is 2. The molecule has 48 heavy (non-hydrogen) atoms. The molecule has 5 aromatic rings. The highest BCUT2D eigenvalue weighted by atomic mass is 79.9. The molecule has 0 fully saturated rings. The van der Waals surface area contributed by atoms with Gasteiger partial charge in [0.2, 0.25) is 0 Å². The smallest absolute Gasteiger partial charge is 0.326 e. The standard InChI is InChI=1S/C38H35BrN2O6S/c1-38(2,3)27-17-20-30(21-18-27)48(45,46)41-33-22-19-28(39)24-32(33)36(42)40-34(37(43)44)23-25-13-15-26(16-14-25)31-11-7-8-12-35(31)47-29-9-5-4-6-10-29/h4-22,24,34,41H,23H2,1-3H3,(H,40,42)(H,43,44). The van der Waals surface area contributed by atoms with E-state index in [4.69, 9.17) is 4.74 Å². The monoisotopic (exact) mass is 726 g/mol. The van der Waals surface area contributed by atoms with Gasteiger partial charge in [-0.25, -0.2) is 13.2 Å². The number of hydrogen-bond donors (Lipinski definition) is 3. The van der Waals surface area contributed by atoms with Crippen molar-refractivity contribution in [3.05, 3.63) is 142 Å². The molecule has 0 saturated heterocycles. The maximum Gasteiger partial charge on any atom is 0.326 e. The van der Waals surface area contributed by atoms with Gasteiger partial charge in [0.1, 0.15) is 17.5 Å². The summed E-state index contributed by atoms with van der Waals surface area (Å²) in [7, 11) is -4.06. The van der Waals surface area contributed by atoms with E-state index < -0.39 is 27.9 Å². The molecular weight excluding hydrogens is 692 g/mol. The third-order valence-corrected chi connectivity index (χ3v) is 9.54. The van der Waals surface area contributed by atoms with Crippen molar-refractivity contribution in [2.75, 3.05) is 4.72 Å². The van der Waals surface area contributed by atoms with E-state index in [2.05, 4.69) is 26.0 Å². The minimum Gasteiger partial charge on any atom is -0.480 e. The molecule has 8 nitrogen and oxygen atoms in total. The van der Waals surface area contributed by atoms with Crippen molar-refractivity contribution in [1.82, 2.24) is 5.32 Å². The van der Waals surface area contributed by atoms with Gasteiger partial charge in [-0.3, -0.25) is 9.52 Å². The van der Waals surface area contributed by atoms with E-state index in [1.165, 1.54) is 24.3 Å². The van der Waals surface area contributed by atoms with Crippen molar-refractivity contribution in [2.45, 2.75) is 43.5 Å². The summed E-state index contributed by atoms with van der Waals surface area (Å²) < 4.78 is 35.7. The van der Waals surface area contributed by atoms with Crippen molar-refractivity contribution in [2.24, 2.45) is 0 Å². The lowest BCUT2D eigenvalue weighted by molar-refractivity contribution is -0.139. The molecule has 0 heterocycles. The quantitative estimate of drug-likeness (QED) is 0.126. The number of benzene rings is 5. The Bertz CT molecular complexity index is 2030. The molecular formula is C38H35BrN2O6S. The number of rotatable bonds is 11. The van der Waals surface area contributed by atoms with Crippen LogP contribution in [0.25, 0.3) is 11.1 Å². The Labute approximate surface area is 289 Å². The summed E-state index contributed by atoms with van der Waals surface area (Å²) in [5, 5.41) is 12.6. The number of carboxylic acid groups (broad SMARTS) is 1. The molecule has 10 heteroatoms. The van der Waals surface area contributed by atoms with E-state index in [0.29, 0.717) is 21.5 Å². The number of aliphatic carboxylic acids is 1. The SMILES string of the molecule is CC(C)(C)c1ccc(S(=O)(=O)Nc2ccc(Br)cc2C(=O)NC(Cc2ccc(-c3ccccc3Oc3ccccc3)cc2)C(=O)O)cc1. The van der Waals surface area contributed by atoms with Crippen LogP contribution in [-0.4, -0.2) is 31.4 Å². The van der Waals surface area contributed by atoms with Gasteiger partial charge in [-0.1, -0.05) is 109 Å². The van der Waals surface area contributed by atoms with Gasteiger partial charge in [-0.05, 0) is 70.6 Å². The first kappa shape index (κ1) is 34.4. The van der Waals surface area contributed by atoms with Crippen LogP contribution < -0.4 is 14.8 Å². The summed E-state index contributed by atoms with van der Waals surface area (Å²) in [5.74, 6) is -0.592. The molecule has 0 aliphatic heterocycles. The summed E-state index contributed by atoms with van der Waals surface area (Å²) in [6, 6.07) is 34.2. The fraction of sp³-hybridized carbons (Fsp3) is 0.158. The Kier molecular flexibility index (Phi) is 10.4. The Balaban J connectivity index is 1.32. The van der Waals surface area contributed by atoms with Crippen LogP contribution in [0.3, 0.4) is 0 Å². The molecule has 1 atom stereocenters. The van der Waals surface area contributed by atoms with Gasteiger partial charge in [0.25, 0.3) is 15.9 Å². The molecule has 0 spiro atoms. The number of carboxylic acids is 1. The minimum absolute atomic E-state index is 0.00128. The third kappa shape index (κ3) is 8.50. The predicted octanol–water partition coefficient (Wildman–Crippen LogP) is 8.43. The number of hydrogen-bond acceptors (Lipinski definition) is 5. The van der Waals surface area contributed by atoms with E-state index in [1.807, 2.05) is 87.5 Å². The highest BCUT2D eigenvalue weighted by Gasteiger charge is 2.25. The number of carbonyl (C=O) groups is 2. The number of carbonyl (C=O) groups excluding carboxylic acids is 1. The topological polar surface area (TPSA) is 122 Å². The second-order valence-electron chi connectivity index (χ2n) is 12.2. The fourth-order valence-corrected chi connectivity index (χ4v) is 6.47. The van der Waals surface area contributed by atoms with E-state index in [9.17, 15) is 23.1 Å². The summed E-state index contributed by atoms with van der Waals surface area (Å²) in [6.07, 6.45) is -0.00128. The van der Waals surface area contributed by atoms with Crippen LogP contribution in [-0.2, 0) is 26.7 Å². The second-order valence-corrected chi connectivity index (χ2v) is 14.8. The first-order chi connectivity index (χ1) is 22.8. The molecule has 0 radical (unpaired) electrons. The molecule has 3 N–H and O–H groups in total. The predicted molar refractivity (Wildman–Crippen MR) is 191 cm³/mol.